The average Bonchev–Trinajstić information content (AvgIpc) is 2.79. The van der Waals surface area contributed by atoms with Gasteiger partial charge < -0.3 is 14.6 Å². The molecule has 0 aliphatic carbocycles. The van der Waals surface area contributed by atoms with Crippen LogP contribution in [0.2, 0.25) is 5.02 Å². The molecule has 1 aliphatic heterocycles. The zero-order valence-corrected chi connectivity index (χ0v) is 11.5. The minimum Gasteiger partial charge on any atom is -0.394 e. The Balaban J connectivity index is 2.30. The molecular weight excluding hydrogens is 252 g/mol. The lowest BCUT2D eigenvalue weighted by atomic mass is 10.1. The predicted molar refractivity (Wildman–Crippen MR) is 70.5 cm³/mol. The van der Waals surface area contributed by atoms with Crippen LogP contribution in [-0.4, -0.2) is 23.6 Å². The number of benzene rings is 1. The van der Waals surface area contributed by atoms with E-state index in [4.69, 9.17) is 21.1 Å². The smallest absolute Gasteiger partial charge is 0.169 e. The zero-order chi connectivity index (χ0) is 13.2. The van der Waals surface area contributed by atoms with Gasteiger partial charge in [-0.1, -0.05) is 43.6 Å². The molecular formula is C14H19ClO3. The Bertz CT molecular complexity index is 404. The number of rotatable bonds is 4. The molecule has 0 saturated carbocycles. The summed E-state index contributed by atoms with van der Waals surface area (Å²) >= 11 is 6.19. The van der Waals surface area contributed by atoms with Crippen molar-refractivity contribution in [1.82, 2.24) is 0 Å². The highest BCUT2D eigenvalue weighted by Crippen LogP contribution is 2.43. The number of hydrogen-bond acceptors (Lipinski definition) is 3. The SMILES string of the molecule is CCC1(CC)OC(CO)C(c2ccccc2Cl)O1. The van der Waals surface area contributed by atoms with Crippen molar-refractivity contribution in [2.24, 2.45) is 0 Å². The van der Waals surface area contributed by atoms with Gasteiger partial charge in [0.15, 0.2) is 5.79 Å². The molecule has 18 heavy (non-hydrogen) atoms. The van der Waals surface area contributed by atoms with E-state index in [9.17, 15) is 5.11 Å². The average molecular weight is 271 g/mol. The van der Waals surface area contributed by atoms with Crippen molar-refractivity contribution in [2.45, 2.75) is 44.7 Å². The van der Waals surface area contributed by atoms with Crippen molar-refractivity contribution in [1.29, 1.82) is 0 Å². The Morgan fingerprint density at radius 2 is 1.89 bits per heavy atom. The largest absolute Gasteiger partial charge is 0.394 e. The third-order valence-electron chi connectivity index (χ3n) is 3.51. The minimum absolute atomic E-state index is 0.0718. The van der Waals surface area contributed by atoms with Crippen molar-refractivity contribution in [3.63, 3.8) is 0 Å². The van der Waals surface area contributed by atoms with Crippen LogP contribution in [0, 0.1) is 0 Å². The van der Waals surface area contributed by atoms with Crippen LogP contribution in [0.25, 0.3) is 0 Å². The molecule has 2 unspecified atom stereocenters. The van der Waals surface area contributed by atoms with E-state index in [1.165, 1.54) is 0 Å². The van der Waals surface area contributed by atoms with E-state index < -0.39 is 5.79 Å². The lowest BCUT2D eigenvalue weighted by Gasteiger charge is -2.25. The molecule has 1 saturated heterocycles. The van der Waals surface area contributed by atoms with Gasteiger partial charge in [-0.15, -0.1) is 0 Å². The zero-order valence-electron chi connectivity index (χ0n) is 10.7. The lowest BCUT2D eigenvalue weighted by Crippen LogP contribution is -2.29. The molecule has 1 aliphatic rings. The van der Waals surface area contributed by atoms with E-state index in [0.717, 1.165) is 18.4 Å². The van der Waals surface area contributed by atoms with Gasteiger partial charge in [-0.2, -0.15) is 0 Å². The van der Waals surface area contributed by atoms with Gasteiger partial charge in [-0.3, -0.25) is 0 Å². The fourth-order valence-corrected chi connectivity index (χ4v) is 2.60. The van der Waals surface area contributed by atoms with Crippen molar-refractivity contribution >= 4 is 11.6 Å². The molecule has 4 heteroatoms. The van der Waals surface area contributed by atoms with Gasteiger partial charge in [-0.25, -0.2) is 0 Å². The van der Waals surface area contributed by atoms with E-state index in [-0.39, 0.29) is 18.8 Å². The quantitative estimate of drug-likeness (QED) is 0.912. The van der Waals surface area contributed by atoms with Gasteiger partial charge in [0.2, 0.25) is 0 Å². The first kappa shape index (κ1) is 13.8. The number of ether oxygens (including phenoxy) is 2. The maximum atomic E-state index is 9.46. The molecule has 1 aromatic rings. The summed E-state index contributed by atoms with van der Waals surface area (Å²) in [5.41, 5.74) is 0.877. The van der Waals surface area contributed by atoms with Gasteiger partial charge in [0.25, 0.3) is 0 Å². The molecule has 0 aromatic heterocycles. The second kappa shape index (κ2) is 5.57. The maximum Gasteiger partial charge on any atom is 0.169 e. The standard InChI is InChI=1S/C14H19ClO3/c1-3-14(4-2)17-12(9-16)13(18-14)10-7-5-6-8-11(10)15/h5-8,12-13,16H,3-4,9H2,1-2H3. The topological polar surface area (TPSA) is 38.7 Å². The fourth-order valence-electron chi connectivity index (χ4n) is 2.36. The molecule has 1 N–H and O–H groups in total. The van der Waals surface area contributed by atoms with Crippen molar-refractivity contribution in [3.8, 4) is 0 Å². The summed E-state index contributed by atoms with van der Waals surface area (Å²) in [4.78, 5) is 0. The predicted octanol–water partition coefficient (Wildman–Crippen LogP) is 3.31. The van der Waals surface area contributed by atoms with Crippen LogP contribution in [-0.2, 0) is 9.47 Å². The van der Waals surface area contributed by atoms with Crippen molar-refractivity contribution in [2.75, 3.05) is 6.61 Å². The number of aliphatic hydroxyl groups excluding tert-OH is 1. The van der Waals surface area contributed by atoms with Crippen molar-refractivity contribution < 1.29 is 14.6 Å². The molecule has 0 radical (unpaired) electrons. The highest BCUT2D eigenvalue weighted by Gasteiger charge is 2.46. The Morgan fingerprint density at radius 1 is 1.22 bits per heavy atom. The molecule has 2 rings (SSSR count). The Kier molecular flexibility index (Phi) is 4.28. The van der Waals surface area contributed by atoms with E-state index >= 15 is 0 Å². The summed E-state index contributed by atoms with van der Waals surface area (Å²) in [6.07, 6.45) is 0.843. The third kappa shape index (κ3) is 2.41. The molecule has 0 bridgehead atoms. The first-order valence-corrected chi connectivity index (χ1v) is 6.74. The third-order valence-corrected chi connectivity index (χ3v) is 3.86. The number of hydrogen-bond donors (Lipinski definition) is 1. The maximum absolute atomic E-state index is 9.46. The van der Waals surface area contributed by atoms with Gasteiger partial charge in [0.05, 0.1) is 6.61 Å². The van der Waals surface area contributed by atoms with Gasteiger partial charge in [0, 0.05) is 10.6 Å². The second-order valence-corrected chi connectivity index (χ2v) is 4.92. The molecule has 0 spiro atoms. The molecule has 1 fully saturated rings. The highest BCUT2D eigenvalue weighted by molar-refractivity contribution is 6.31. The van der Waals surface area contributed by atoms with Gasteiger partial charge >= 0.3 is 0 Å². The normalized spacial score (nSPS) is 26.4. The minimum atomic E-state index is -0.600. The summed E-state index contributed by atoms with van der Waals surface area (Å²) in [6.45, 7) is 3.97. The van der Waals surface area contributed by atoms with Crippen LogP contribution in [0.4, 0.5) is 0 Å². The van der Waals surface area contributed by atoms with E-state index in [2.05, 4.69) is 0 Å². The van der Waals surface area contributed by atoms with E-state index in [1.807, 2.05) is 38.1 Å². The molecule has 3 nitrogen and oxygen atoms in total. The van der Waals surface area contributed by atoms with Crippen LogP contribution >= 0.6 is 11.6 Å². The Morgan fingerprint density at radius 3 is 2.44 bits per heavy atom. The monoisotopic (exact) mass is 270 g/mol. The van der Waals surface area contributed by atoms with Crippen LogP contribution in [0.1, 0.15) is 38.4 Å². The van der Waals surface area contributed by atoms with E-state index in [1.54, 1.807) is 0 Å². The highest BCUT2D eigenvalue weighted by atomic mass is 35.5. The molecule has 1 heterocycles. The number of halogens is 1. The first-order valence-electron chi connectivity index (χ1n) is 6.36. The molecule has 0 amide bonds. The summed E-state index contributed by atoms with van der Waals surface area (Å²) in [7, 11) is 0. The van der Waals surface area contributed by atoms with Gasteiger partial charge in [0.1, 0.15) is 12.2 Å². The van der Waals surface area contributed by atoms with Gasteiger partial charge in [-0.05, 0) is 18.9 Å². The van der Waals surface area contributed by atoms with E-state index in [0.29, 0.717) is 5.02 Å². The molecule has 100 valence electrons. The lowest BCUT2D eigenvalue weighted by molar-refractivity contribution is -0.181. The van der Waals surface area contributed by atoms with Crippen LogP contribution in [0.3, 0.4) is 0 Å². The number of aliphatic hydroxyl groups is 1. The summed E-state index contributed by atoms with van der Waals surface area (Å²) in [5, 5.41) is 10.1. The van der Waals surface area contributed by atoms with Crippen LogP contribution in [0.5, 0.6) is 0 Å². The Labute approximate surface area is 113 Å². The van der Waals surface area contributed by atoms with Crippen LogP contribution < -0.4 is 0 Å². The Hall–Kier alpha value is -0.610. The first-order chi connectivity index (χ1) is 8.65. The fraction of sp³-hybridized carbons (Fsp3) is 0.571. The summed E-state index contributed by atoms with van der Waals surface area (Å²) < 4.78 is 11.9. The van der Waals surface area contributed by atoms with Crippen molar-refractivity contribution in [3.05, 3.63) is 34.9 Å². The summed E-state index contributed by atoms with van der Waals surface area (Å²) in [5.74, 6) is -0.600. The second-order valence-electron chi connectivity index (χ2n) is 4.52. The molecule has 1 aromatic carbocycles. The molecule has 2 atom stereocenters. The summed E-state index contributed by atoms with van der Waals surface area (Å²) in [6, 6.07) is 7.53. The van der Waals surface area contributed by atoms with Crippen LogP contribution in [0.15, 0.2) is 24.3 Å².